The fraction of sp³-hybridized carbons (Fsp3) is 0.500. The Kier molecular flexibility index (Phi) is 9.71. The minimum absolute atomic E-state index is 0.0397. The number of nitrogens with zero attached hydrogens (tertiary/aromatic N) is 4. The number of nitrogens with one attached hydrogen (secondary N) is 1. The molecule has 2 fully saturated rings. The molecule has 2 saturated heterocycles. The Hall–Kier alpha value is -3.43. The van der Waals surface area contributed by atoms with Gasteiger partial charge >= 0.3 is 6.18 Å². The molecule has 2 aromatic rings. The van der Waals surface area contributed by atoms with E-state index in [1.54, 1.807) is 41.9 Å². The molecule has 224 valence electrons. The molecule has 0 bridgehead atoms. The quantitative estimate of drug-likeness (QED) is 0.255. The largest absolute Gasteiger partial charge is 0.494 e. The molecule has 2 atom stereocenters. The monoisotopic (exact) mass is 599 g/mol. The lowest BCUT2D eigenvalue weighted by Gasteiger charge is -2.41. The summed E-state index contributed by atoms with van der Waals surface area (Å²) in [6, 6.07) is 10.00. The van der Waals surface area contributed by atoms with Gasteiger partial charge in [0.05, 0.1) is 23.3 Å². The molecule has 4 rings (SSSR count). The van der Waals surface area contributed by atoms with Crippen LogP contribution in [-0.4, -0.2) is 96.9 Å². The number of likely N-dealkylation sites (tertiary alicyclic amines) is 1. The maximum absolute atomic E-state index is 13.7. The molecular weight excluding hydrogens is 567 g/mol. The molecule has 0 saturated carbocycles. The molecule has 2 unspecified atom stereocenters. The summed E-state index contributed by atoms with van der Waals surface area (Å²) in [6.07, 6.45) is -2.43. The van der Waals surface area contributed by atoms with Gasteiger partial charge in [0.15, 0.2) is 0 Å². The zero-order chi connectivity index (χ0) is 29.6. The standard InChI is InChI=1S/C26H32F3N5O6S/c27-26(28,29)8-2-14-40-22-6-4-21(5-7-22)32-10-12-34(13-11-32)41(38,39)23-15-20(24(35)31-37)17-33(18-23)25(36)19-3-1-9-30-16-19/h1,3-7,9,16,20,23,37H,2,8,10-15,17-18H2,(H,31,35). The smallest absolute Gasteiger partial charge is 0.389 e. The van der Waals surface area contributed by atoms with Crippen LogP contribution < -0.4 is 15.1 Å². The third-order valence-electron chi connectivity index (χ3n) is 7.18. The van der Waals surface area contributed by atoms with Gasteiger partial charge in [0.2, 0.25) is 15.9 Å². The number of carbonyl (C=O) groups excluding carboxylic acids is 2. The van der Waals surface area contributed by atoms with E-state index < -0.39 is 45.6 Å². The van der Waals surface area contributed by atoms with Crippen LogP contribution in [-0.2, 0) is 14.8 Å². The number of ether oxygens (including phenoxy) is 1. The van der Waals surface area contributed by atoms with Gasteiger partial charge in [-0.25, -0.2) is 13.9 Å². The number of piperazine rings is 1. The summed E-state index contributed by atoms with van der Waals surface area (Å²) < 4.78 is 70.9. The van der Waals surface area contributed by atoms with E-state index in [9.17, 15) is 36.4 Å². The molecule has 3 heterocycles. The van der Waals surface area contributed by atoms with Crippen molar-refractivity contribution in [2.45, 2.75) is 30.7 Å². The third-order valence-corrected chi connectivity index (χ3v) is 9.45. The fourth-order valence-electron chi connectivity index (χ4n) is 5.01. The summed E-state index contributed by atoms with van der Waals surface area (Å²) >= 11 is 0. The van der Waals surface area contributed by atoms with Crippen molar-refractivity contribution in [2.24, 2.45) is 5.92 Å². The lowest BCUT2D eigenvalue weighted by Crippen LogP contribution is -2.57. The average molecular weight is 600 g/mol. The number of sulfonamides is 1. The van der Waals surface area contributed by atoms with Gasteiger partial charge in [-0.1, -0.05) is 0 Å². The number of rotatable bonds is 9. The summed E-state index contributed by atoms with van der Waals surface area (Å²) in [5.41, 5.74) is 2.65. The number of pyridine rings is 1. The molecule has 2 aliphatic rings. The number of alkyl halides is 3. The highest BCUT2D eigenvalue weighted by Crippen LogP contribution is 2.28. The SMILES string of the molecule is O=C(NO)C1CC(S(=O)(=O)N2CCN(c3ccc(OCCCC(F)(F)F)cc3)CC2)CN(C(=O)c2cccnc2)C1. The van der Waals surface area contributed by atoms with Crippen molar-refractivity contribution in [3.05, 3.63) is 54.4 Å². The molecule has 2 aliphatic heterocycles. The second-order valence-corrected chi connectivity index (χ2v) is 12.2. The van der Waals surface area contributed by atoms with Crippen LogP contribution >= 0.6 is 0 Å². The van der Waals surface area contributed by atoms with Crippen LogP contribution in [0.5, 0.6) is 5.75 Å². The number of hydrogen-bond acceptors (Lipinski definition) is 8. The van der Waals surface area contributed by atoms with E-state index in [-0.39, 0.29) is 51.2 Å². The molecule has 1 aromatic carbocycles. The average Bonchev–Trinajstić information content (AvgIpc) is 2.98. The maximum Gasteiger partial charge on any atom is 0.389 e. The first-order valence-electron chi connectivity index (χ1n) is 13.1. The van der Waals surface area contributed by atoms with E-state index in [0.29, 0.717) is 18.8 Å². The summed E-state index contributed by atoms with van der Waals surface area (Å²) in [5.74, 6) is -1.68. The Labute approximate surface area is 235 Å². The van der Waals surface area contributed by atoms with Crippen molar-refractivity contribution in [2.75, 3.05) is 50.8 Å². The summed E-state index contributed by atoms with van der Waals surface area (Å²) in [7, 11) is -3.91. The van der Waals surface area contributed by atoms with Crippen molar-refractivity contribution in [1.82, 2.24) is 19.7 Å². The fourth-order valence-corrected chi connectivity index (χ4v) is 6.95. The van der Waals surface area contributed by atoms with E-state index in [2.05, 4.69) is 4.98 Å². The predicted molar refractivity (Wildman–Crippen MR) is 142 cm³/mol. The van der Waals surface area contributed by atoms with Gasteiger partial charge in [0.25, 0.3) is 5.91 Å². The van der Waals surface area contributed by atoms with Crippen LogP contribution in [0.4, 0.5) is 18.9 Å². The number of anilines is 1. The first kappa shape index (κ1) is 30.5. The van der Waals surface area contributed by atoms with Crippen molar-refractivity contribution in [3.63, 3.8) is 0 Å². The van der Waals surface area contributed by atoms with E-state index in [4.69, 9.17) is 4.74 Å². The number of benzene rings is 1. The second-order valence-electron chi connectivity index (χ2n) is 9.97. The first-order chi connectivity index (χ1) is 19.5. The minimum atomic E-state index is -4.22. The number of hydroxylamine groups is 1. The first-order valence-corrected chi connectivity index (χ1v) is 14.6. The zero-order valence-corrected chi connectivity index (χ0v) is 23.0. The van der Waals surface area contributed by atoms with E-state index in [1.807, 2.05) is 4.90 Å². The molecule has 2 amide bonds. The van der Waals surface area contributed by atoms with Gasteiger partial charge in [-0.2, -0.15) is 17.5 Å². The Bertz CT molecular complexity index is 1290. The third kappa shape index (κ3) is 7.86. The summed E-state index contributed by atoms with van der Waals surface area (Å²) in [6.45, 7) is 0.942. The van der Waals surface area contributed by atoms with Crippen LogP contribution in [0, 0.1) is 5.92 Å². The van der Waals surface area contributed by atoms with Gasteiger partial charge in [-0.15, -0.1) is 0 Å². The topological polar surface area (TPSA) is 132 Å². The highest BCUT2D eigenvalue weighted by atomic mass is 32.2. The van der Waals surface area contributed by atoms with Crippen LogP contribution in [0.2, 0.25) is 0 Å². The molecule has 0 aliphatic carbocycles. The van der Waals surface area contributed by atoms with Crippen LogP contribution in [0.3, 0.4) is 0 Å². The number of hydrogen-bond donors (Lipinski definition) is 2. The summed E-state index contributed by atoms with van der Waals surface area (Å²) in [5, 5.41) is 8.14. The predicted octanol–water partition coefficient (Wildman–Crippen LogP) is 2.29. The van der Waals surface area contributed by atoms with E-state index in [0.717, 1.165) is 5.69 Å². The van der Waals surface area contributed by atoms with Crippen LogP contribution in [0.15, 0.2) is 48.8 Å². The lowest BCUT2D eigenvalue weighted by molar-refractivity contribution is -0.136. The maximum atomic E-state index is 13.7. The Morgan fingerprint density at radius 2 is 1.78 bits per heavy atom. The van der Waals surface area contributed by atoms with Gasteiger partial charge < -0.3 is 14.5 Å². The van der Waals surface area contributed by atoms with Crippen molar-refractivity contribution >= 4 is 27.5 Å². The molecule has 15 heteroatoms. The molecule has 41 heavy (non-hydrogen) atoms. The van der Waals surface area contributed by atoms with Crippen molar-refractivity contribution in [1.29, 1.82) is 0 Å². The Morgan fingerprint density at radius 3 is 2.39 bits per heavy atom. The number of piperidine rings is 1. The number of halogens is 3. The van der Waals surface area contributed by atoms with E-state index in [1.165, 1.54) is 21.6 Å². The molecule has 0 spiro atoms. The molecule has 0 radical (unpaired) electrons. The Balaban J connectivity index is 1.36. The van der Waals surface area contributed by atoms with Gasteiger partial charge in [-0.05, 0) is 49.2 Å². The minimum Gasteiger partial charge on any atom is -0.494 e. The highest BCUT2D eigenvalue weighted by molar-refractivity contribution is 7.89. The Morgan fingerprint density at radius 1 is 1.07 bits per heavy atom. The van der Waals surface area contributed by atoms with Gasteiger partial charge in [0.1, 0.15) is 5.75 Å². The normalized spacial score (nSPS) is 20.5. The van der Waals surface area contributed by atoms with Crippen LogP contribution in [0.25, 0.3) is 0 Å². The molecule has 11 nitrogen and oxygen atoms in total. The summed E-state index contributed by atoms with van der Waals surface area (Å²) in [4.78, 5) is 32.6. The van der Waals surface area contributed by atoms with E-state index >= 15 is 0 Å². The number of carbonyl (C=O) groups is 2. The highest BCUT2D eigenvalue weighted by Gasteiger charge is 2.43. The van der Waals surface area contributed by atoms with Gasteiger partial charge in [-0.3, -0.25) is 19.8 Å². The van der Waals surface area contributed by atoms with Gasteiger partial charge in [0, 0.05) is 63.8 Å². The molecule has 1 aromatic heterocycles. The molecule has 2 N–H and O–H groups in total. The number of aromatic nitrogens is 1. The van der Waals surface area contributed by atoms with Crippen molar-refractivity contribution in [3.8, 4) is 5.75 Å². The molecular formula is C26H32F3N5O6S. The lowest BCUT2D eigenvalue weighted by atomic mass is 9.96. The second kappa shape index (κ2) is 13.0. The van der Waals surface area contributed by atoms with Crippen molar-refractivity contribution < 1.29 is 41.1 Å². The number of amides is 2. The zero-order valence-electron chi connectivity index (χ0n) is 22.2. The van der Waals surface area contributed by atoms with Crippen LogP contribution in [0.1, 0.15) is 29.6 Å².